The molecule has 0 unspecified atom stereocenters. The monoisotopic (exact) mass is 273 g/mol. The molecule has 1 saturated heterocycles. The number of hydrogen-bond acceptors (Lipinski definition) is 2. The fourth-order valence-corrected chi connectivity index (χ4v) is 5.29. The fraction of sp³-hybridized carbons (Fsp3) is 0.250. The summed E-state index contributed by atoms with van der Waals surface area (Å²) in [5.74, 6) is 0. The Kier molecular flexibility index (Phi) is 1.37. The first kappa shape index (κ1) is 6.82. The van der Waals surface area contributed by atoms with E-state index in [0.717, 1.165) is 5.65 Å². The van der Waals surface area contributed by atoms with Crippen molar-refractivity contribution in [2.45, 2.75) is 0 Å². The van der Waals surface area contributed by atoms with Crippen LogP contribution in [0.4, 0.5) is 0 Å². The Hall–Kier alpha value is -0.650. The van der Waals surface area contributed by atoms with Crippen molar-refractivity contribution in [1.29, 1.82) is 0 Å². The summed E-state index contributed by atoms with van der Waals surface area (Å²) in [5, 5.41) is 8.37. The van der Waals surface area contributed by atoms with Crippen molar-refractivity contribution >= 4 is 25.5 Å². The Morgan fingerprint density at radius 1 is 1.25 bits per heavy atom. The van der Waals surface area contributed by atoms with Crippen LogP contribution in [0.5, 0.6) is 0 Å². The molecular weight excluding hydrogens is 265 g/mol. The van der Waals surface area contributed by atoms with E-state index in [1.54, 1.807) is 0 Å². The zero-order chi connectivity index (χ0) is 7.97. The van der Waals surface area contributed by atoms with Crippen LogP contribution in [0.2, 0.25) is 0 Å². The summed E-state index contributed by atoms with van der Waals surface area (Å²) >= 11 is -0.752. The van der Waals surface area contributed by atoms with E-state index in [-0.39, 0.29) is 0 Å². The Morgan fingerprint density at radius 2 is 2.17 bits per heavy atom. The van der Waals surface area contributed by atoms with Gasteiger partial charge in [-0.15, -0.1) is 0 Å². The molecule has 62 valence electrons. The molecule has 0 amide bonds. The Balaban J connectivity index is 2.30. The number of rotatable bonds is 1. The van der Waals surface area contributed by atoms with Gasteiger partial charge in [-0.2, -0.15) is 0 Å². The standard InChI is InChI=1S/C8H8IN3/c1-2-6-12-7(3-1)10-11-8(12)9-4-5-9/h1-3,6H,4-5H2. The zero-order valence-electron chi connectivity index (χ0n) is 6.44. The molecule has 4 heteroatoms. The molecule has 12 heavy (non-hydrogen) atoms. The second-order valence-electron chi connectivity index (χ2n) is 2.73. The number of alkyl halides is 2. The molecule has 0 aliphatic carbocycles. The SMILES string of the molecule is c1ccn2c(I3CC3)nnc2c1. The van der Waals surface area contributed by atoms with Crippen molar-refractivity contribution in [3.8, 4) is 0 Å². The van der Waals surface area contributed by atoms with Gasteiger partial charge in [0, 0.05) is 0 Å². The number of pyridine rings is 1. The van der Waals surface area contributed by atoms with Crippen LogP contribution in [-0.2, 0) is 0 Å². The predicted octanol–water partition coefficient (Wildman–Crippen LogP) is 1.42. The molecule has 2 aromatic rings. The van der Waals surface area contributed by atoms with Gasteiger partial charge in [0.25, 0.3) is 0 Å². The normalized spacial score (nSPS) is 18.5. The summed E-state index contributed by atoms with van der Waals surface area (Å²) in [6, 6.07) is 6.06. The topological polar surface area (TPSA) is 30.2 Å². The average molecular weight is 273 g/mol. The molecule has 1 aliphatic heterocycles. The van der Waals surface area contributed by atoms with E-state index in [2.05, 4.69) is 20.8 Å². The van der Waals surface area contributed by atoms with Crippen LogP contribution in [0.15, 0.2) is 24.4 Å². The summed E-state index contributed by atoms with van der Waals surface area (Å²) in [6.07, 6.45) is 2.07. The second-order valence-corrected chi connectivity index (χ2v) is 8.46. The molecule has 1 fully saturated rings. The molecule has 0 N–H and O–H groups in total. The first-order chi connectivity index (χ1) is 5.95. The van der Waals surface area contributed by atoms with Crippen molar-refractivity contribution in [3.05, 3.63) is 28.2 Å². The number of nitrogens with zero attached hydrogens (tertiary/aromatic N) is 3. The Bertz CT molecular complexity index is 419. The first-order valence-electron chi connectivity index (χ1n) is 3.86. The molecule has 3 rings (SSSR count). The Morgan fingerprint density at radius 3 is 3.00 bits per heavy atom. The van der Waals surface area contributed by atoms with Crippen molar-refractivity contribution in [3.63, 3.8) is 0 Å². The van der Waals surface area contributed by atoms with Crippen LogP contribution < -0.4 is 0 Å². The van der Waals surface area contributed by atoms with Crippen molar-refractivity contribution < 1.29 is 0 Å². The van der Waals surface area contributed by atoms with Gasteiger partial charge in [0.1, 0.15) is 0 Å². The Labute approximate surface area is 77.2 Å². The quantitative estimate of drug-likeness (QED) is 0.581. The van der Waals surface area contributed by atoms with E-state index >= 15 is 0 Å². The van der Waals surface area contributed by atoms with E-state index in [0.29, 0.717) is 0 Å². The summed E-state index contributed by atoms with van der Waals surface area (Å²) in [4.78, 5) is 0. The minimum atomic E-state index is -0.752. The van der Waals surface area contributed by atoms with Crippen molar-refractivity contribution in [2.75, 3.05) is 8.86 Å². The van der Waals surface area contributed by atoms with Gasteiger partial charge in [-0.3, -0.25) is 0 Å². The van der Waals surface area contributed by atoms with Crippen LogP contribution in [0.25, 0.3) is 5.65 Å². The van der Waals surface area contributed by atoms with Crippen LogP contribution in [-0.4, -0.2) is 23.5 Å². The van der Waals surface area contributed by atoms with E-state index in [1.807, 2.05) is 18.2 Å². The van der Waals surface area contributed by atoms with Gasteiger partial charge in [0.15, 0.2) is 0 Å². The van der Waals surface area contributed by atoms with Crippen LogP contribution in [0, 0.1) is 3.83 Å². The number of fused-ring (bicyclic) bond motifs is 1. The van der Waals surface area contributed by atoms with Crippen LogP contribution >= 0.6 is 19.8 Å². The maximum atomic E-state index is 4.24. The van der Waals surface area contributed by atoms with Crippen LogP contribution in [0.3, 0.4) is 0 Å². The zero-order valence-corrected chi connectivity index (χ0v) is 8.60. The molecule has 2 aromatic heterocycles. The number of halogens is 1. The van der Waals surface area contributed by atoms with Gasteiger partial charge in [-0.1, -0.05) is 0 Å². The average Bonchev–Trinajstić information content (AvgIpc) is 2.86. The van der Waals surface area contributed by atoms with Gasteiger partial charge < -0.3 is 0 Å². The number of hydrogen-bond donors (Lipinski definition) is 0. The van der Waals surface area contributed by atoms with Gasteiger partial charge in [0.2, 0.25) is 0 Å². The third kappa shape index (κ3) is 0.939. The van der Waals surface area contributed by atoms with E-state index in [4.69, 9.17) is 0 Å². The van der Waals surface area contributed by atoms with Gasteiger partial charge >= 0.3 is 77.1 Å². The molecular formula is C8H8IN3. The molecule has 3 heterocycles. The van der Waals surface area contributed by atoms with Gasteiger partial charge in [-0.05, 0) is 0 Å². The molecule has 1 aliphatic rings. The summed E-state index contributed by atoms with van der Waals surface area (Å²) < 4.78 is 6.30. The summed E-state index contributed by atoms with van der Waals surface area (Å²) in [6.45, 7) is 0. The molecule has 0 radical (unpaired) electrons. The van der Waals surface area contributed by atoms with E-state index < -0.39 is 19.8 Å². The predicted molar refractivity (Wildman–Crippen MR) is 55.4 cm³/mol. The molecule has 0 atom stereocenters. The van der Waals surface area contributed by atoms with Gasteiger partial charge in [0.05, 0.1) is 0 Å². The van der Waals surface area contributed by atoms with E-state index in [1.165, 1.54) is 12.7 Å². The molecule has 0 aromatic carbocycles. The third-order valence-corrected chi connectivity index (χ3v) is 6.15. The summed E-state index contributed by atoms with van der Waals surface area (Å²) in [5.41, 5.74) is 0.997. The van der Waals surface area contributed by atoms with Crippen LogP contribution in [0.1, 0.15) is 0 Å². The molecule has 3 nitrogen and oxygen atoms in total. The molecule has 0 saturated carbocycles. The van der Waals surface area contributed by atoms with E-state index in [9.17, 15) is 0 Å². The van der Waals surface area contributed by atoms with Gasteiger partial charge in [-0.25, -0.2) is 0 Å². The first-order valence-corrected chi connectivity index (χ1v) is 7.99. The minimum absolute atomic E-state index is 0.752. The summed E-state index contributed by atoms with van der Waals surface area (Å²) in [7, 11) is 0. The third-order valence-electron chi connectivity index (χ3n) is 1.89. The maximum absolute atomic E-state index is 4.24. The fourth-order valence-electron chi connectivity index (χ4n) is 1.20. The number of aromatic nitrogens is 3. The molecule has 0 bridgehead atoms. The second kappa shape index (κ2) is 2.42. The molecule has 0 spiro atoms. The van der Waals surface area contributed by atoms with Crippen molar-refractivity contribution in [2.24, 2.45) is 0 Å². The van der Waals surface area contributed by atoms with Crippen molar-refractivity contribution in [1.82, 2.24) is 14.6 Å².